The van der Waals surface area contributed by atoms with Gasteiger partial charge in [0.1, 0.15) is 0 Å². The quantitative estimate of drug-likeness (QED) is 0.931. The Kier molecular flexibility index (Phi) is 4.74. The van der Waals surface area contributed by atoms with E-state index < -0.39 is 10.0 Å². The molecule has 2 unspecified atom stereocenters. The Morgan fingerprint density at radius 3 is 2.80 bits per heavy atom. The fourth-order valence-electron chi connectivity index (χ4n) is 2.66. The number of hydrogen-bond donors (Lipinski definition) is 1. The Balaban J connectivity index is 2.33. The normalized spacial score (nSPS) is 24.8. The van der Waals surface area contributed by atoms with Gasteiger partial charge in [-0.3, -0.25) is 0 Å². The van der Waals surface area contributed by atoms with E-state index in [4.69, 9.17) is 17.3 Å². The lowest BCUT2D eigenvalue weighted by atomic mass is 9.92. The van der Waals surface area contributed by atoms with Gasteiger partial charge in [0.2, 0.25) is 10.0 Å². The molecule has 6 heteroatoms. The van der Waals surface area contributed by atoms with Crippen LogP contribution >= 0.6 is 11.6 Å². The summed E-state index contributed by atoms with van der Waals surface area (Å²) >= 11 is 5.94. The van der Waals surface area contributed by atoms with Crippen molar-refractivity contribution in [3.8, 4) is 0 Å². The van der Waals surface area contributed by atoms with Gasteiger partial charge in [0.15, 0.2) is 0 Å². The molecular formula is C14H21ClN2O2S. The maximum absolute atomic E-state index is 12.8. The summed E-state index contributed by atoms with van der Waals surface area (Å²) in [5.74, 6) is 0.220. The highest BCUT2D eigenvalue weighted by Crippen LogP contribution is 2.28. The summed E-state index contributed by atoms with van der Waals surface area (Å²) in [5.41, 5.74) is 6.76. The standard InChI is InChI=1S/C14H21ClN2O2S/c1-3-11-9-17(7-6-13(11)16)20(18,19)14-8-12(15)5-4-10(14)2/h4-5,8,11,13H,3,6-7,9,16H2,1-2H3. The van der Waals surface area contributed by atoms with E-state index in [1.807, 2.05) is 6.92 Å². The second-order valence-corrected chi connectivity index (χ2v) is 7.74. The molecule has 0 amide bonds. The van der Waals surface area contributed by atoms with E-state index >= 15 is 0 Å². The molecule has 20 heavy (non-hydrogen) atoms. The van der Waals surface area contributed by atoms with Gasteiger partial charge in [-0.05, 0) is 37.0 Å². The summed E-state index contributed by atoms with van der Waals surface area (Å²) in [6.45, 7) is 4.80. The molecule has 1 saturated heterocycles. The number of benzene rings is 1. The van der Waals surface area contributed by atoms with E-state index in [0.717, 1.165) is 12.0 Å². The van der Waals surface area contributed by atoms with Gasteiger partial charge in [-0.25, -0.2) is 8.42 Å². The summed E-state index contributed by atoms with van der Waals surface area (Å²) in [6, 6.07) is 5.06. The Bertz CT molecular complexity index is 589. The smallest absolute Gasteiger partial charge is 0.243 e. The van der Waals surface area contributed by atoms with Crippen LogP contribution in [0.15, 0.2) is 23.1 Å². The van der Waals surface area contributed by atoms with Gasteiger partial charge in [-0.1, -0.05) is 31.0 Å². The molecule has 0 saturated carbocycles. The minimum Gasteiger partial charge on any atom is -0.327 e. The van der Waals surface area contributed by atoms with Crippen LogP contribution in [0.1, 0.15) is 25.3 Å². The molecule has 0 aliphatic carbocycles. The van der Waals surface area contributed by atoms with Gasteiger partial charge in [-0.15, -0.1) is 0 Å². The van der Waals surface area contributed by atoms with Crippen LogP contribution < -0.4 is 5.73 Å². The average Bonchev–Trinajstić information content (AvgIpc) is 2.41. The van der Waals surface area contributed by atoms with Crippen LogP contribution in [0.25, 0.3) is 0 Å². The van der Waals surface area contributed by atoms with Gasteiger partial charge in [-0.2, -0.15) is 4.31 Å². The summed E-state index contributed by atoms with van der Waals surface area (Å²) < 4.78 is 27.1. The van der Waals surface area contributed by atoms with Crippen LogP contribution in [0.4, 0.5) is 0 Å². The van der Waals surface area contributed by atoms with Crippen molar-refractivity contribution in [3.63, 3.8) is 0 Å². The first kappa shape index (κ1) is 15.8. The molecular weight excluding hydrogens is 296 g/mol. The molecule has 112 valence electrons. The van der Waals surface area contributed by atoms with Crippen molar-refractivity contribution in [1.82, 2.24) is 4.31 Å². The zero-order valence-electron chi connectivity index (χ0n) is 11.8. The van der Waals surface area contributed by atoms with Gasteiger partial charge in [0.25, 0.3) is 0 Å². The maximum Gasteiger partial charge on any atom is 0.243 e. The predicted octanol–water partition coefficient (Wildman–Crippen LogP) is 2.40. The van der Waals surface area contributed by atoms with Crippen molar-refractivity contribution in [2.75, 3.05) is 13.1 Å². The lowest BCUT2D eigenvalue weighted by Gasteiger charge is -2.35. The zero-order chi connectivity index (χ0) is 14.9. The van der Waals surface area contributed by atoms with Gasteiger partial charge in [0.05, 0.1) is 4.90 Å². The van der Waals surface area contributed by atoms with Crippen LogP contribution in [0.5, 0.6) is 0 Å². The van der Waals surface area contributed by atoms with Crippen molar-refractivity contribution in [3.05, 3.63) is 28.8 Å². The number of rotatable bonds is 3. The van der Waals surface area contributed by atoms with Crippen LogP contribution in [0.3, 0.4) is 0 Å². The van der Waals surface area contributed by atoms with Crippen molar-refractivity contribution in [1.29, 1.82) is 0 Å². The van der Waals surface area contributed by atoms with E-state index in [1.165, 1.54) is 6.07 Å². The first-order valence-electron chi connectivity index (χ1n) is 6.88. The van der Waals surface area contributed by atoms with E-state index in [-0.39, 0.29) is 12.0 Å². The van der Waals surface area contributed by atoms with Crippen LogP contribution in [0, 0.1) is 12.8 Å². The third-order valence-corrected chi connectivity index (χ3v) is 6.29. The maximum atomic E-state index is 12.8. The minimum atomic E-state index is -3.49. The van der Waals surface area contributed by atoms with Gasteiger partial charge < -0.3 is 5.73 Å². The summed E-state index contributed by atoms with van der Waals surface area (Å²) in [6.07, 6.45) is 1.60. The SMILES string of the molecule is CCC1CN(S(=O)(=O)c2cc(Cl)ccc2C)CCC1N. The Morgan fingerprint density at radius 1 is 1.45 bits per heavy atom. The third kappa shape index (κ3) is 3.01. The predicted molar refractivity (Wildman–Crippen MR) is 81.3 cm³/mol. The average molecular weight is 317 g/mol. The van der Waals surface area contributed by atoms with Crippen molar-refractivity contribution in [2.24, 2.45) is 11.7 Å². The molecule has 1 fully saturated rings. The van der Waals surface area contributed by atoms with Crippen LogP contribution in [0.2, 0.25) is 5.02 Å². The first-order chi connectivity index (χ1) is 9.36. The van der Waals surface area contributed by atoms with Crippen molar-refractivity contribution < 1.29 is 8.42 Å². The number of aryl methyl sites for hydroxylation is 1. The van der Waals surface area contributed by atoms with Crippen LogP contribution in [-0.2, 0) is 10.0 Å². The zero-order valence-corrected chi connectivity index (χ0v) is 13.4. The minimum absolute atomic E-state index is 0.0897. The van der Waals surface area contributed by atoms with E-state index in [0.29, 0.717) is 29.4 Å². The Labute approximate surface area is 126 Å². The second-order valence-electron chi connectivity index (χ2n) is 5.39. The molecule has 0 radical (unpaired) electrons. The van der Waals surface area contributed by atoms with Crippen LogP contribution in [-0.4, -0.2) is 31.9 Å². The number of hydrogen-bond acceptors (Lipinski definition) is 3. The van der Waals surface area contributed by atoms with E-state index in [9.17, 15) is 8.42 Å². The van der Waals surface area contributed by atoms with Crippen molar-refractivity contribution >= 4 is 21.6 Å². The molecule has 0 spiro atoms. The molecule has 1 aliphatic heterocycles. The molecule has 1 aromatic rings. The fraction of sp³-hybridized carbons (Fsp3) is 0.571. The first-order valence-corrected chi connectivity index (χ1v) is 8.70. The number of nitrogens with zero attached hydrogens (tertiary/aromatic N) is 1. The monoisotopic (exact) mass is 316 g/mol. The highest BCUT2D eigenvalue weighted by atomic mass is 35.5. The molecule has 1 aromatic carbocycles. The van der Waals surface area contributed by atoms with E-state index in [2.05, 4.69) is 0 Å². The summed E-state index contributed by atoms with van der Waals surface area (Å²) in [4.78, 5) is 0.301. The van der Waals surface area contributed by atoms with Gasteiger partial charge in [0, 0.05) is 24.2 Å². The lowest BCUT2D eigenvalue weighted by Crippen LogP contribution is -2.48. The molecule has 2 N–H and O–H groups in total. The molecule has 2 rings (SSSR count). The summed E-state index contributed by atoms with van der Waals surface area (Å²) in [5, 5.41) is 0.440. The third-order valence-electron chi connectivity index (χ3n) is 4.05. The topological polar surface area (TPSA) is 63.4 Å². The second kappa shape index (κ2) is 6.02. The largest absolute Gasteiger partial charge is 0.327 e. The lowest BCUT2D eigenvalue weighted by molar-refractivity contribution is 0.230. The highest BCUT2D eigenvalue weighted by molar-refractivity contribution is 7.89. The molecule has 1 heterocycles. The van der Waals surface area contributed by atoms with Gasteiger partial charge >= 0.3 is 0 Å². The van der Waals surface area contributed by atoms with Crippen molar-refractivity contribution in [2.45, 2.75) is 37.6 Å². The van der Waals surface area contributed by atoms with E-state index in [1.54, 1.807) is 23.4 Å². The number of piperidine rings is 1. The molecule has 0 aromatic heterocycles. The Hall–Kier alpha value is -0.620. The fourth-order valence-corrected chi connectivity index (χ4v) is 4.66. The molecule has 0 bridgehead atoms. The molecule has 1 aliphatic rings. The number of sulfonamides is 1. The molecule has 2 atom stereocenters. The number of nitrogens with two attached hydrogens (primary N) is 1. The summed E-state index contributed by atoms with van der Waals surface area (Å²) in [7, 11) is -3.49. The number of halogens is 1. The Morgan fingerprint density at radius 2 is 2.15 bits per heavy atom. The highest BCUT2D eigenvalue weighted by Gasteiger charge is 2.33. The molecule has 4 nitrogen and oxygen atoms in total.